The summed E-state index contributed by atoms with van der Waals surface area (Å²) in [6.45, 7) is 5.38. The maximum Gasteiger partial charge on any atom is 0.160 e. The molecule has 0 aliphatic carbocycles. The monoisotopic (exact) mass is 187 g/mol. The molecular weight excluding hydrogens is 174 g/mol. The molecule has 2 heteroatoms. The summed E-state index contributed by atoms with van der Waals surface area (Å²) in [5, 5.41) is 8.98. The van der Waals surface area contributed by atoms with Crippen LogP contribution in [0.2, 0.25) is 0 Å². The van der Waals surface area contributed by atoms with Gasteiger partial charge in [-0.3, -0.25) is 4.79 Å². The molecule has 0 unspecified atom stereocenters. The second-order valence-corrected chi connectivity index (χ2v) is 3.31. The van der Waals surface area contributed by atoms with E-state index in [4.69, 9.17) is 5.26 Å². The number of rotatable bonds is 2. The number of Topliss-reactive ketones (excluding diaryl/α,β-unsaturated/α-hetero) is 1. The molecule has 0 aliphatic heterocycles. The average molecular weight is 187 g/mol. The van der Waals surface area contributed by atoms with E-state index in [9.17, 15) is 4.79 Å². The molecule has 0 heterocycles. The van der Waals surface area contributed by atoms with E-state index in [2.05, 4.69) is 6.07 Å². The SMILES string of the molecule is CCc1c(C(C)=O)ccc(C)c1C#N. The molecule has 0 aliphatic rings. The minimum atomic E-state index is 0.0263. The van der Waals surface area contributed by atoms with Crippen LogP contribution in [0.1, 0.15) is 40.9 Å². The second-order valence-electron chi connectivity index (χ2n) is 3.31. The zero-order valence-electron chi connectivity index (χ0n) is 8.72. The number of benzene rings is 1. The molecule has 0 N–H and O–H groups in total. The van der Waals surface area contributed by atoms with Crippen LogP contribution in [0.3, 0.4) is 0 Å². The largest absolute Gasteiger partial charge is 0.295 e. The molecule has 0 saturated carbocycles. The molecule has 0 radical (unpaired) electrons. The van der Waals surface area contributed by atoms with Crippen molar-refractivity contribution in [3.63, 3.8) is 0 Å². The van der Waals surface area contributed by atoms with Crippen LogP contribution in [0.4, 0.5) is 0 Å². The van der Waals surface area contributed by atoms with Crippen LogP contribution in [0.15, 0.2) is 12.1 Å². The number of ketones is 1. The quantitative estimate of drug-likeness (QED) is 0.668. The third-order valence-corrected chi connectivity index (χ3v) is 2.37. The third kappa shape index (κ3) is 1.67. The molecule has 1 aromatic carbocycles. The van der Waals surface area contributed by atoms with Gasteiger partial charge in [0, 0.05) is 5.56 Å². The highest BCUT2D eigenvalue weighted by atomic mass is 16.1. The first-order chi connectivity index (χ1) is 6.61. The van der Waals surface area contributed by atoms with E-state index in [1.54, 1.807) is 6.07 Å². The number of nitriles is 1. The molecule has 72 valence electrons. The smallest absolute Gasteiger partial charge is 0.160 e. The van der Waals surface area contributed by atoms with Gasteiger partial charge < -0.3 is 0 Å². The summed E-state index contributed by atoms with van der Waals surface area (Å²) in [4.78, 5) is 11.3. The zero-order valence-corrected chi connectivity index (χ0v) is 8.72. The molecule has 2 nitrogen and oxygen atoms in total. The highest BCUT2D eigenvalue weighted by Crippen LogP contribution is 2.19. The van der Waals surface area contributed by atoms with Crippen LogP contribution >= 0.6 is 0 Å². The van der Waals surface area contributed by atoms with E-state index in [0.29, 0.717) is 11.1 Å². The zero-order chi connectivity index (χ0) is 10.7. The Balaban J connectivity index is 3.50. The predicted molar refractivity (Wildman–Crippen MR) is 55.3 cm³/mol. The molecule has 0 spiro atoms. The molecule has 1 aromatic rings. The van der Waals surface area contributed by atoms with E-state index in [-0.39, 0.29) is 5.78 Å². The number of aryl methyl sites for hydroxylation is 1. The van der Waals surface area contributed by atoms with Gasteiger partial charge in [-0.25, -0.2) is 0 Å². The van der Waals surface area contributed by atoms with E-state index in [0.717, 1.165) is 17.5 Å². The number of nitrogens with zero attached hydrogens (tertiary/aromatic N) is 1. The molecule has 14 heavy (non-hydrogen) atoms. The Hall–Kier alpha value is -1.62. The number of carbonyl (C=O) groups excluding carboxylic acids is 1. The van der Waals surface area contributed by atoms with Crippen LogP contribution in [-0.4, -0.2) is 5.78 Å². The van der Waals surface area contributed by atoms with Crippen LogP contribution in [-0.2, 0) is 6.42 Å². The van der Waals surface area contributed by atoms with Gasteiger partial charge >= 0.3 is 0 Å². The van der Waals surface area contributed by atoms with Gasteiger partial charge in [-0.1, -0.05) is 19.1 Å². The summed E-state index contributed by atoms with van der Waals surface area (Å²) in [6.07, 6.45) is 0.722. The van der Waals surface area contributed by atoms with Crippen molar-refractivity contribution in [1.29, 1.82) is 5.26 Å². The highest BCUT2D eigenvalue weighted by Gasteiger charge is 2.11. The van der Waals surface area contributed by atoms with Crippen LogP contribution in [0.5, 0.6) is 0 Å². The Morgan fingerprint density at radius 3 is 2.57 bits per heavy atom. The molecule has 0 atom stereocenters. The lowest BCUT2D eigenvalue weighted by molar-refractivity contribution is 0.101. The Kier molecular flexibility index (Phi) is 3.03. The first-order valence-electron chi connectivity index (χ1n) is 4.65. The van der Waals surface area contributed by atoms with Crippen molar-refractivity contribution in [3.05, 3.63) is 34.4 Å². The van der Waals surface area contributed by atoms with Gasteiger partial charge in [0.15, 0.2) is 5.78 Å². The normalized spacial score (nSPS) is 9.57. The van der Waals surface area contributed by atoms with Crippen molar-refractivity contribution in [2.24, 2.45) is 0 Å². The van der Waals surface area contributed by atoms with E-state index in [1.165, 1.54) is 6.92 Å². The standard InChI is InChI=1S/C12H13NO/c1-4-10-11(9(3)14)6-5-8(2)12(10)7-13/h5-6H,4H2,1-3H3. The summed E-state index contributed by atoms with van der Waals surface area (Å²) in [6, 6.07) is 5.79. The van der Waals surface area contributed by atoms with Gasteiger partial charge in [-0.2, -0.15) is 5.26 Å². The first-order valence-corrected chi connectivity index (χ1v) is 4.65. The van der Waals surface area contributed by atoms with Crippen LogP contribution in [0.25, 0.3) is 0 Å². The van der Waals surface area contributed by atoms with Crippen molar-refractivity contribution in [2.75, 3.05) is 0 Å². The molecule has 0 aromatic heterocycles. The Morgan fingerprint density at radius 2 is 2.14 bits per heavy atom. The summed E-state index contributed by atoms with van der Waals surface area (Å²) < 4.78 is 0. The topological polar surface area (TPSA) is 40.9 Å². The van der Waals surface area contributed by atoms with Crippen molar-refractivity contribution in [3.8, 4) is 6.07 Å². The fraction of sp³-hybridized carbons (Fsp3) is 0.333. The second kappa shape index (κ2) is 4.06. The highest BCUT2D eigenvalue weighted by molar-refractivity contribution is 5.96. The van der Waals surface area contributed by atoms with Gasteiger partial charge in [-0.05, 0) is 31.4 Å². The van der Waals surface area contributed by atoms with Gasteiger partial charge in [0.25, 0.3) is 0 Å². The lowest BCUT2D eigenvalue weighted by Gasteiger charge is -2.08. The van der Waals surface area contributed by atoms with Gasteiger partial charge in [0.1, 0.15) is 0 Å². The number of hydrogen-bond donors (Lipinski definition) is 0. The van der Waals surface area contributed by atoms with E-state index >= 15 is 0 Å². The molecule has 1 rings (SSSR count). The maximum atomic E-state index is 11.3. The summed E-state index contributed by atoms with van der Waals surface area (Å²) in [5.74, 6) is 0.0263. The van der Waals surface area contributed by atoms with Crippen molar-refractivity contribution >= 4 is 5.78 Å². The first kappa shape index (κ1) is 10.5. The Labute approximate surface area is 84.2 Å². The lowest BCUT2D eigenvalue weighted by atomic mass is 9.94. The number of carbonyl (C=O) groups is 1. The van der Waals surface area contributed by atoms with Crippen LogP contribution < -0.4 is 0 Å². The Morgan fingerprint density at radius 1 is 1.50 bits per heavy atom. The minimum absolute atomic E-state index is 0.0263. The Bertz CT molecular complexity index is 413. The molecule has 0 bridgehead atoms. The van der Waals surface area contributed by atoms with Crippen molar-refractivity contribution < 1.29 is 4.79 Å². The van der Waals surface area contributed by atoms with E-state index < -0.39 is 0 Å². The van der Waals surface area contributed by atoms with Crippen molar-refractivity contribution in [1.82, 2.24) is 0 Å². The molecule has 0 saturated heterocycles. The lowest BCUT2D eigenvalue weighted by Crippen LogP contribution is -2.03. The van der Waals surface area contributed by atoms with Gasteiger partial charge in [-0.15, -0.1) is 0 Å². The van der Waals surface area contributed by atoms with Crippen LogP contribution in [0, 0.1) is 18.3 Å². The molecular formula is C12H13NO. The third-order valence-electron chi connectivity index (χ3n) is 2.37. The summed E-state index contributed by atoms with van der Waals surface area (Å²) in [7, 11) is 0. The van der Waals surface area contributed by atoms with Crippen molar-refractivity contribution in [2.45, 2.75) is 27.2 Å². The summed E-state index contributed by atoms with van der Waals surface area (Å²) >= 11 is 0. The fourth-order valence-corrected chi connectivity index (χ4v) is 1.62. The molecule has 0 amide bonds. The average Bonchev–Trinajstić information content (AvgIpc) is 2.16. The summed E-state index contributed by atoms with van der Waals surface area (Å²) in [5.41, 5.74) is 3.14. The fourth-order valence-electron chi connectivity index (χ4n) is 1.62. The van der Waals surface area contributed by atoms with Gasteiger partial charge in [0.05, 0.1) is 11.6 Å². The van der Waals surface area contributed by atoms with Gasteiger partial charge in [0.2, 0.25) is 0 Å². The number of hydrogen-bond acceptors (Lipinski definition) is 2. The maximum absolute atomic E-state index is 11.3. The molecule has 0 fully saturated rings. The van der Waals surface area contributed by atoms with E-state index in [1.807, 2.05) is 19.9 Å². The predicted octanol–water partition coefficient (Wildman–Crippen LogP) is 2.63. The minimum Gasteiger partial charge on any atom is -0.295 e.